The van der Waals surface area contributed by atoms with Gasteiger partial charge in [-0.3, -0.25) is 0 Å². The van der Waals surface area contributed by atoms with E-state index in [9.17, 15) is 4.79 Å². The molecule has 3 N–H and O–H groups in total. The summed E-state index contributed by atoms with van der Waals surface area (Å²) in [7, 11) is 1.91. The van der Waals surface area contributed by atoms with E-state index in [2.05, 4.69) is 10.2 Å². The van der Waals surface area contributed by atoms with Crippen molar-refractivity contribution < 1.29 is 14.3 Å². The van der Waals surface area contributed by atoms with Gasteiger partial charge in [0.2, 0.25) is 0 Å². The fourth-order valence-electron chi connectivity index (χ4n) is 1.88. The fraction of sp³-hybridized carbons (Fsp3) is 0.909. The maximum atomic E-state index is 10.6. The van der Waals surface area contributed by atoms with Crippen molar-refractivity contribution in [1.29, 1.82) is 0 Å². The summed E-state index contributed by atoms with van der Waals surface area (Å²) in [5.41, 5.74) is 4.98. The van der Waals surface area contributed by atoms with E-state index in [0.29, 0.717) is 0 Å². The Morgan fingerprint density at radius 3 is 2.71 bits per heavy atom. The summed E-state index contributed by atoms with van der Waals surface area (Å²) in [6.45, 7) is 5.20. The molecular formula is C11H23N3O3. The molecule has 0 bridgehead atoms. The third-order valence-corrected chi connectivity index (χ3v) is 2.87. The van der Waals surface area contributed by atoms with Gasteiger partial charge < -0.3 is 25.4 Å². The van der Waals surface area contributed by atoms with Gasteiger partial charge >= 0.3 is 6.09 Å². The third kappa shape index (κ3) is 6.45. The van der Waals surface area contributed by atoms with Gasteiger partial charge in [0.15, 0.2) is 0 Å². The lowest BCUT2D eigenvalue weighted by Gasteiger charge is -2.31. The Bertz CT molecular complexity index is 218. The molecule has 0 radical (unpaired) electrons. The normalized spacial score (nSPS) is 18.2. The minimum atomic E-state index is -0.668. The first-order chi connectivity index (χ1) is 8.22. The smallest absolute Gasteiger partial charge is 0.404 e. The van der Waals surface area contributed by atoms with Gasteiger partial charge in [-0.15, -0.1) is 0 Å². The van der Waals surface area contributed by atoms with Gasteiger partial charge in [0.1, 0.15) is 6.10 Å². The summed E-state index contributed by atoms with van der Waals surface area (Å²) in [6, 6.07) is 0. The molecule has 0 saturated carbocycles. The molecule has 0 aromatic rings. The van der Waals surface area contributed by atoms with E-state index < -0.39 is 6.09 Å². The number of nitrogens with zero attached hydrogens (tertiary/aromatic N) is 1. The predicted octanol–water partition coefficient (Wildman–Crippen LogP) is -0.218. The number of rotatable bonds is 7. The van der Waals surface area contributed by atoms with E-state index in [0.717, 1.165) is 52.2 Å². The summed E-state index contributed by atoms with van der Waals surface area (Å²) in [4.78, 5) is 12.9. The third-order valence-electron chi connectivity index (χ3n) is 2.87. The van der Waals surface area contributed by atoms with E-state index in [1.807, 2.05) is 7.05 Å². The second kappa shape index (κ2) is 8.27. The number of carbonyl (C=O) groups excluding carboxylic acids is 1. The maximum Gasteiger partial charge on any atom is 0.404 e. The van der Waals surface area contributed by atoms with Crippen LogP contribution in [-0.2, 0) is 9.47 Å². The molecule has 17 heavy (non-hydrogen) atoms. The molecule has 1 amide bonds. The molecule has 1 saturated heterocycles. The SMILES string of the molecule is CNCCOCCN1CCC(OC(N)=O)CC1. The highest BCUT2D eigenvalue weighted by atomic mass is 16.6. The van der Waals surface area contributed by atoms with Gasteiger partial charge in [-0.1, -0.05) is 0 Å². The Hall–Kier alpha value is -0.850. The Morgan fingerprint density at radius 2 is 2.12 bits per heavy atom. The van der Waals surface area contributed by atoms with Crippen LogP contribution in [0.2, 0.25) is 0 Å². The number of hydrogen-bond donors (Lipinski definition) is 2. The van der Waals surface area contributed by atoms with Crippen LogP contribution in [0.1, 0.15) is 12.8 Å². The number of amides is 1. The van der Waals surface area contributed by atoms with E-state index in [4.69, 9.17) is 15.2 Å². The van der Waals surface area contributed by atoms with Crippen LogP contribution in [0.3, 0.4) is 0 Å². The average molecular weight is 245 g/mol. The van der Waals surface area contributed by atoms with Crippen molar-refractivity contribution in [2.24, 2.45) is 5.73 Å². The quantitative estimate of drug-likeness (QED) is 0.607. The molecule has 100 valence electrons. The lowest BCUT2D eigenvalue weighted by Crippen LogP contribution is -2.40. The van der Waals surface area contributed by atoms with Crippen LogP contribution in [0.4, 0.5) is 4.79 Å². The summed E-state index contributed by atoms with van der Waals surface area (Å²) in [5.74, 6) is 0. The molecule has 1 rings (SSSR count). The van der Waals surface area contributed by atoms with Gasteiger partial charge in [0.25, 0.3) is 0 Å². The molecule has 0 aromatic heterocycles. The first-order valence-corrected chi connectivity index (χ1v) is 6.13. The van der Waals surface area contributed by atoms with Gasteiger partial charge in [-0.2, -0.15) is 0 Å². The zero-order valence-corrected chi connectivity index (χ0v) is 10.5. The number of primary amides is 1. The lowest BCUT2D eigenvalue weighted by molar-refractivity contribution is 0.0420. The Kier molecular flexibility index (Phi) is 6.91. The van der Waals surface area contributed by atoms with Crippen LogP contribution in [0, 0.1) is 0 Å². The zero-order chi connectivity index (χ0) is 12.5. The number of carbonyl (C=O) groups is 1. The molecule has 1 fully saturated rings. The average Bonchev–Trinajstić information content (AvgIpc) is 2.30. The maximum absolute atomic E-state index is 10.6. The summed E-state index contributed by atoms with van der Waals surface area (Å²) < 4.78 is 10.4. The van der Waals surface area contributed by atoms with Crippen molar-refractivity contribution >= 4 is 6.09 Å². The van der Waals surface area contributed by atoms with Crippen LogP contribution in [0.15, 0.2) is 0 Å². The molecule has 0 atom stereocenters. The highest BCUT2D eigenvalue weighted by Gasteiger charge is 2.20. The summed E-state index contributed by atoms with van der Waals surface area (Å²) in [5, 5.41) is 3.03. The molecule has 0 unspecified atom stereocenters. The second-order valence-electron chi connectivity index (χ2n) is 4.19. The standard InChI is InChI=1S/C11H23N3O3/c1-13-4-8-16-9-7-14-5-2-10(3-6-14)17-11(12)15/h10,13H,2-9H2,1H3,(H2,12,15). The van der Waals surface area contributed by atoms with Crippen LogP contribution in [-0.4, -0.2) is 63.5 Å². The molecule has 6 heteroatoms. The molecule has 0 aliphatic carbocycles. The van der Waals surface area contributed by atoms with Crippen molar-refractivity contribution in [3.63, 3.8) is 0 Å². The number of likely N-dealkylation sites (tertiary alicyclic amines) is 1. The Labute approximate surface area is 102 Å². The highest BCUT2D eigenvalue weighted by molar-refractivity contribution is 5.64. The number of ether oxygens (including phenoxy) is 2. The van der Waals surface area contributed by atoms with Crippen molar-refractivity contribution in [1.82, 2.24) is 10.2 Å². The first kappa shape index (κ1) is 14.2. The van der Waals surface area contributed by atoms with Gasteiger partial charge in [-0.05, 0) is 19.9 Å². The van der Waals surface area contributed by atoms with Crippen molar-refractivity contribution in [2.75, 3.05) is 46.4 Å². The van der Waals surface area contributed by atoms with Crippen LogP contribution in [0.5, 0.6) is 0 Å². The molecule has 6 nitrogen and oxygen atoms in total. The predicted molar refractivity (Wildman–Crippen MR) is 64.9 cm³/mol. The zero-order valence-electron chi connectivity index (χ0n) is 10.5. The molecule has 0 spiro atoms. The van der Waals surface area contributed by atoms with Crippen LogP contribution in [0.25, 0.3) is 0 Å². The lowest BCUT2D eigenvalue weighted by atomic mass is 10.1. The van der Waals surface area contributed by atoms with Crippen LogP contribution >= 0.6 is 0 Å². The first-order valence-electron chi connectivity index (χ1n) is 6.13. The number of piperidine rings is 1. The number of nitrogens with one attached hydrogen (secondary N) is 1. The van der Waals surface area contributed by atoms with Crippen LogP contribution < -0.4 is 11.1 Å². The number of nitrogens with two attached hydrogens (primary N) is 1. The van der Waals surface area contributed by atoms with E-state index in [1.165, 1.54) is 0 Å². The number of hydrogen-bond acceptors (Lipinski definition) is 5. The number of likely N-dealkylation sites (N-methyl/N-ethyl adjacent to an activating group) is 1. The van der Waals surface area contributed by atoms with E-state index in [-0.39, 0.29) is 6.10 Å². The topological polar surface area (TPSA) is 76.8 Å². The Balaban J connectivity index is 2.01. The van der Waals surface area contributed by atoms with Crippen molar-refractivity contribution in [2.45, 2.75) is 18.9 Å². The molecule has 1 heterocycles. The van der Waals surface area contributed by atoms with Gasteiger partial charge in [0.05, 0.1) is 13.2 Å². The Morgan fingerprint density at radius 1 is 1.41 bits per heavy atom. The van der Waals surface area contributed by atoms with E-state index >= 15 is 0 Å². The summed E-state index contributed by atoms with van der Waals surface area (Å²) in [6.07, 6.45) is 1.05. The van der Waals surface area contributed by atoms with Crippen molar-refractivity contribution in [3.05, 3.63) is 0 Å². The minimum absolute atomic E-state index is 0.00559. The van der Waals surface area contributed by atoms with Gasteiger partial charge in [-0.25, -0.2) is 4.79 Å². The molecular weight excluding hydrogens is 222 g/mol. The second-order valence-corrected chi connectivity index (χ2v) is 4.19. The molecule has 0 aromatic carbocycles. The summed E-state index contributed by atoms with van der Waals surface area (Å²) >= 11 is 0. The molecule has 1 aliphatic rings. The van der Waals surface area contributed by atoms with E-state index in [1.54, 1.807) is 0 Å². The minimum Gasteiger partial charge on any atom is -0.446 e. The fourth-order valence-corrected chi connectivity index (χ4v) is 1.88. The largest absolute Gasteiger partial charge is 0.446 e. The molecule has 1 aliphatic heterocycles. The van der Waals surface area contributed by atoms with Crippen molar-refractivity contribution in [3.8, 4) is 0 Å². The monoisotopic (exact) mass is 245 g/mol. The van der Waals surface area contributed by atoms with Gasteiger partial charge in [0, 0.05) is 26.2 Å². The highest BCUT2D eigenvalue weighted by Crippen LogP contribution is 2.13.